The van der Waals surface area contributed by atoms with Crippen LogP contribution >= 0.6 is 0 Å². The van der Waals surface area contributed by atoms with Crippen molar-refractivity contribution < 1.29 is 46.8 Å². The summed E-state index contributed by atoms with van der Waals surface area (Å²) < 4.78 is 73.0. The summed E-state index contributed by atoms with van der Waals surface area (Å²) in [4.78, 5) is 16.9. The van der Waals surface area contributed by atoms with Crippen LogP contribution in [0, 0.1) is 5.82 Å². The van der Waals surface area contributed by atoms with Gasteiger partial charge in [0.2, 0.25) is 5.60 Å². The van der Waals surface area contributed by atoms with Gasteiger partial charge in [-0.1, -0.05) is 0 Å². The zero-order valence-electron chi connectivity index (χ0n) is 21.5. The third kappa shape index (κ3) is 5.53. The molecular formula is C27H27F4N3O6. The van der Waals surface area contributed by atoms with Crippen molar-refractivity contribution in [1.82, 2.24) is 10.3 Å². The second kappa shape index (κ2) is 10.9. The molecule has 0 spiro atoms. The van der Waals surface area contributed by atoms with Crippen LogP contribution in [0.25, 0.3) is 11.3 Å². The molecule has 5 N–H and O–H groups in total. The minimum atomic E-state index is -5.29. The number of nitrogens with zero attached hydrogens (tertiary/aromatic N) is 1. The van der Waals surface area contributed by atoms with Crippen molar-refractivity contribution in [2.24, 2.45) is 5.73 Å². The Kier molecular flexibility index (Phi) is 7.92. The summed E-state index contributed by atoms with van der Waals surface area (Å²) in [5.74, 6) is -1.08. The summed E-state index contributed by atoms with van der Waals surface area (Å²) in [5, 5.41) is 22.1. The van der Waals surface area contributed by atoms with Gasteiger partial charge in [0, 0.05) is 16.7 Å². The largest absolute Gasteiger partial charge is 0.493 e. The van der Waals surface area contributed by atoms with Crippen molar-refractivity contribution >= 4 is 5.91 Å². The van der Waals surface area contributed by atoms with Crippen molar-refractivity contribution in [3.8, 4) is 28.5 Å². The molecule has 1 amide bonds. The first-order valence-electron chi connectivity index (χ1n) is 12.0. The maximum atomic E-state index is 14.5. The SMILES string of the molecule is COc1cc(C(=O)NCC(O)(c2cc3c(c(-c4ccc(F)cc4)n2)OCC3(C)N)C(F)(F)F)ccc1OCCO. The number of methoxy groups -OCH3 is 1. The van der Waals surface area contributed by atoms with Crippen molar-refractivity contribution in [2.45, 2.75) is 24.2 Å². The van der Waals surface area contributed by atoms with Crippen LogP contribution in [0.3, 0.4) is 0 Å². The van der Waals surface area contributed by atoms with Crippen molar-refractivity contribution in [3.05, 3.63) is 71.2 Å². The third-order valence-corrected chi connectivity index (χ3v) is 6.39. The van der Waals surface area contributed by atoms with E-state index in [4.69, 9.17) is 25.1 Å². The number of fused-ring (bicyclic) bond motifs is 1. The number of pyridine rings is 1. The number of alkyl halides is 3. The summed E-state index contributed by atoms with van der Waals surface area (Å²) in [6.45, 7) is -0.121. The smallest absolute Gasteiger partial charge is 0.424 e. The summed E-state index contributed by atoms with van der Waals surface area (Å²) >= 11 is 0. The Morgan fingerprint density at radius 1 is 1.18 bits per heavy atom. The first kappa shape index (κ1) is 29.1. The Labute approximate surface area is 226 Å². The van der Waals surface area contributed by atoms with E-state index in [0.717, 1.165) is 18.2 Å². The Hall–Kier alpha value is -3.94. The van der Waals surface area contributed by atoms with Gasteiger partial charge < -0.3 is 35.5 Å². The molecule has 0 radical (unpaired) electrons. The lowest BCUT2D eigenvalue weighted by molar-refractivity contribution is -0.265. The minimum absolute atomic E-state index is 0.0406. The number of benzene rings is 2. The highest BCUT2D eigenvalue weighted by atomic mass is 19.4. The van der Waals surface area contributed by atoms with Crippen LogP contribution in [0.4, 0.5) is 17.6 Å². The van der Waals surface area contributed by atoms with Gasteiger partial charge in [-0.05, 0) is 55.5 Å². The molecule has 2 aromatic carbocycles. The van der Waals surface area contributed by atoms with E-state index in [1.165, 1.54) is 37.4 Å². The fraction of sp³-hybridized carbons (Fsp3) is 0.333. The number of nitrogens with one attached hydrogen (secondary N) is 1. The topological polar surface area (TPSA) is 136 Å². The monoisotopic (exact) mass is 565 g/mol. The molecule has 0 aliphatic carbocycles. The van der Waals surface area contributed by atoms with Crippen LogP contribution < -0.4 is 25.3 Å². The predicted molar refractivity (Wildman–Crippen MR) is 135 cm³/mol. The van der Waals surface area contributed by atoms with Crippen LogP contribution in [-0.2, 0) is 11.1 Å². The number of aromatic nitrogens is 1. The van der Waals surface area contributed by atoms with E-state index in [2.05, 4.69) is 10.3 Å². The zero-order chi connectivity index (χ0) is 29.3. The van der Waals surface area contributed by atoms with E-state index in [0.29, 0.717) is 0 Å². The van der Waals surface area contributed by atoms with Gasteiger partial charge in [-0.2, -0.15) is 13.2 Å². The summed E-state index contributed by atoms with van der Waals surface area (Å²) in [6.07, 6.45) is -5.29. The Morgan fingerprint density at radius 3 is 2.50 bits per heavy atom. The molecule has 4 rings (SSSR count). The van der Waals surface area contributed by atoms with E-state index >= 15 is 0 Å². The van der Waals surface area contributed by atoms with E-state index in [1.807, 2.05) is 0 Å². The number of nitrogens with two attached hydrogens (primary N) is 1. The fourth-order valence-corrected chi connectivity index (χ4v) is 4.15. The van der Waals surface area contributed by atoms with Crippen molar-refractivity contribution in [2.75, 3.05) is 33.5 Å². The molecule has 1 aliphatic heterocycles. The normalized spacial score (nSPS) is 17.9. The maximum Gasteiger partial charge on any atom is 0.424 e. The fourth-order valence-electron chi connectivity index (χ4n) is 4.15. The highest BCUT2D eigenvalue weighted by Crippen LogP contribution is 2.46. The van der Waals surface area contributed by atoms with Crippen LogP contribution in [0.15, 0.2) is 48.5 Å². The molecule has 13 heteroatoms. The van der Waals surface area contributed by atoms with E-state index in [-0.39, 0.29) is 59.5 Å². The van der Waals surface area contributed by atoms with Gasteiger partial charge >= 0.3 is 6.18 Å². The van der Waals surface area contributed by atoms with Crippen LogP contribution in [0.2, 0.25) is 0 Å². The Bertz CT molecular complexity index is 1400. The number of hydrogen-bond acceptors (Lipinski definition) is 8. The second-order valence-electron chi connectivity index (χ2n) is 9.42. The average Bonchev–Trinajstić information content (AvgIpc) is 3.23. The number of hydrogen-bond donors (Lipinski definition) is 4. The molecule has 0 saturated heterocycles. The maximum absolute atomic E-state index is 14.5. The molecule has 3 aromatic rings. The first-order chi connectivity index (χ1) is 18.8. The number of aliphatic hydroxyl groups is 2. The molecule has 2 atom stereocenters. The van der Waals surface area contributed by atoms with Crippen LogP contribution in [-0.4, -0.2) is 60.8 Å². The highest BCUT2D eigenvalue weighted by molar-refractivity contribution is 5.95. The molecule has 40 heavy (non-hydrogen) atoms. The molecular weight excluding hydrogens is 538 g/mol. The van der Waals surface area contributed by atoms with E-state index < -0.39 is 41.3 Å². The van der Waals surface area contributed by atoms with E-state index in [1.54, 1.807) is 6.92 Å². The Morgan fingerprint density at radius 2 is 1.88 bits per heavy atom. The molecule has 2 heterocycles. The second-order valence-corrected chi connectivity index (χ2v) is 9.42. The third-order valence-electron chi connectivity index (χ3n) is 6.39. The lowest BCUT2D eigenvalue weighted by Gasteiger charge is -2.31. The lowest BCUT2D eigenvalue weighted by Crippen LogP contribution is -2.51. The quantitative estimate of drug-likeness (QED) is 0.291. The van der Waals surface area contributed by atoms with Gasteiger partial charge in [0.05, 0.1) is 31.5 Å². The van der Waals surface area contributed by atoms with Gasteiger partial charge in [0.1, 0.15) is 24.7 Å². The van der Waals surface area contributed by atoms with Gasteiger partial charge in [-0.15, -0.1) is 0 Å². The van der Waals surface area contributed by atoms with Crippen LogP contribution in [0.1, 0.15) is 28.5 Å². The molecule has 9 nitrogen and oxygen atoms in total. The average molecular weight is 566 g/mol. The first-order valence-corrected chi connectivity index (χ1v) is 12.0. The highest BCUT2D eigenvalue weighted by Gasteiger charge is 2.57. The van der Waals surface area contributed by atoms with Gasteiger partial charge in [-0.25, -0.2) is 9.37 Å². The summed E-state index contributed by atoms with van der Waals surface area (Å²) in [6, 6.07) is 9.74. The predicted octanol–water partition coefficient (Wildman–Crippen LogP) is 3.01. The van der Waals surface area contributed by atoms with Crippen molar-refractivity contribution in [3.63, 3.8) is 0 Å². The Balaban J connectivity index is 1.71. The standard InChI is InChI=1S/C27H27F4N3O6/c1-25(32)14-40-23-18(25)12-21(34-22(23)15-3-6-17(28)7-4-15)26(37,27(29,30)31)13-33-24(36)16-5-8-19(39-10-9-35)20(11-16)38-2/h3-8,11-12,35,37H,9-10,13-14,32H2,1-2H3,(H,33,36). The zero-order valence-corrected chi connectivity index (χ0v) is 21.5. The van der Waals surface area contributed by atoms with Gasteiger partial charge in [0.15, 0.2) is 17.2 Å². The number of amides is 1. The molecule has 1 aliphatic rings. The number of aliphatic hydroxyl groups excluding tert-OH is 1. The van der Waals surface area contributed by atoms with Crippen LogP contribution in [0.5, 0.6) is 17.2 Å². The molecule has 0 fully saturated rings. The minimum Gasteiger partial charge on any atom is -0.493 e. The molecule has 0 saturated carbocycles. The van der Waals surface area contributed by atoms with Gasteiger partial charge in [0.25, 0.3) is 5.91 Å². The van der Waals surface area contributed by atoms with E-state index in [9.17, 15) is 27.5 Å². The number of halogens is 4. The number of rotatable bonds is 9. The molecule has 0 bridgehead atoms. The number of carbonyl (C=O) groups excluding carboxylic acids is 1. The number of carbonyl (C=O) groups is 1. The van der Waals surface area contributed by atoms with Crippen molar-refractivity contribution in [1.29, 1.82) is 0 Å². The molecule has 1 aromatic heterocycles. The molecule has 2 unspecified atom stereocenters. The number of ether oxygens (including phenoxy) is 3. The molecule has 214 valence electrons. The lowest BCUT2D eigenvalue weighted by atomic mass is 9.89. The van der Waals surface area contributed by atoms with Gasteiger partial charge in [-0.3, -0.25) is 4.79 Å². The summed E-state index contributed by atoms with van der Waals surface area (Å²) in [5.41, 5.74) is 0.840. The summed E-state index contributed by atoms with van der Waals surface area (Å²) in [7, 11) is 1.30.